The van der Waals surface area contributed by atoms with Crippen molar-refractivity contribution in [1.29, 1.82) is 0 Å². The molecule has 3 unspecified atom stereocenters. The zero-order valence-electron chi connectivity index (χ0n) is 13.0. The van der Waals surface area contributed by atoms with Gasteiger partial charge in [0.05, 0.1) is 12.7 Å². The van der Waals surface area contributed by atoms with E-state index >= 15 is 0 Å². The summed E-state index contributed by atoms with van der Waals surface area (Å²) in [7, 11) is 2.19. The van der Waals surface area contributed by atoms with Crippen LogP contribution in [0.3, 0.4) is 0 Å². The molecule has 2 fully saturated rings. The van der Waals surface area contributed by atoms with Gasteiger partial charge in [0, 0.05) is 25.7 Å². The predicted octanol–water partition coefficient (Wildman–Crippen LogP) is 2.51. The van der Waals surface area contributed by atoms with Gasteiger partial charge in [-0.2, -0.15) is 0 Å². The third-order valence-corrected chi connectivity index (χ3v) is 4.93. The molecule has 1 aliphatic heterocycles. The highest BCUT2D eigenvalue weighted by Gasteiger charge is 2.23. The molecule has 0 aromatic carbocycles. The number of nitrogens with zero attached hydrogens (tertiary/aromatic N) is 1. The molecular formula is C16H32N2O. The van der Waals surface area contributed by atoms with Crippen LogP contribution in [0, 0.1) is 11.8 Å². The first-order valence-corrected chi connectivity index (χ1v) is 8.18. The zero-order chi connectivity index (χ0) is 13.7. The number of ether oxygens (including phenoxy) is 1. The summed E-state index contributed by atoms with van der Waals surface area (Å²) in [6.07, 6.45) is 7.32. The van der Waals surface area contributed by atoms with Crippen molar-refractivity contribution in [3.05, 3.63) is 0 Å². The smallest absolute Gasteiger partial charge is 0.0826 e. The lowest BCUT2D eigenvalue weighted by atomic mass is 9.89. The number of rotatable bonds is 4. The minimum atomic E-state index is 0.392. The van der Waals surface area contributed by atoms with Gasteiger partial charge in [0.1, 0.15) is 0 Å². The van der Waals surface area contributed by atoms with Crippen LogP contribution >= 0.6 is 0 Å². The average molecular weight is 268 g/mol. The Hall–Kier alpha value is -0.120. The van der Waals surface area contributed by atoms with Gasteiger partial charge in [0.25, 0.3) is 0 Å². The minimum Gasteiger partial charge on any atom is -0.374 e. The van der Waals surface area contributed by atoms with Crippen molar-refractivity contribution in [2.24, 2.45) is 11.8 Å². The summed E-state index contributed by atoms with van der Waals surface area (Å²) in [5, 5.41) is 3.76. The predicted molar refractivity (Wildman–Crippen MR) is 80.4 cm³/mol. The van der Waals surface area contributed by atoms with Crippen molar-refractivity contribution in [3.63, 3.8) is 0 Å². The molecule has 2 rings (SSSR count). The van der Waals surface area contributed by atoms with Gasteiger partial charge >= 0.3 is 0 Å². The summed E-state index contributed by atoms with van der Waals surface area (Å²) in [6, 6.07) is 0.722. The molecule has 112 valence electrons. The molecule has 0 spiro atoms. The largest absolute Gasteiger partial charge is 0.374 e. The third-order valence-electron chi connectivity index (χ3n) is 4.93. The van der Waals surface area contributed by atoms with Gasteiger partial charge in [0.15, 0.2) is 0 Å². The SMILES string of the molecule is CC(C)C1CCCC(NCC2CN(C)CCO2)CC1. The van der Waals surface area contributed by atoms with Crippen LogP contribution in [0.25, 0.3) is 0 Å². The van der Waals surface area contributed by atoms with Gasteiger partial charge < -0.3 is 15.0 Å². The van der Waals surface area contributed by atoms with Gasteiger partial charge in [0.2, 0.25) is 0 Å². The van der Waals surface area contributed by atoms with E-state index in [2.05, 4.69) is 31.1 Å². The van der Waals surface area contributed by atoms with E-state index in [1.807, 2.05) is 0 Å². The van der Waals surface area contributed by atoms with Gasteiger partial charge in [-0.15, -0.1) is 0 Å². The molecule has 1 N–H and O–H groups in total. The topological polar surface area (TPSA) is 24.5 Å². The van der Waals surface area contributed by atoms with Crippen LogP contribution in [0.5, 0.6) is 0 Å². The normalized spacial score (nSPS) is 34.4. The Morgan fingerprint density at radius 1 is 1.21 bits per heavy atom. The Balaban J connectivity index is 1.68. The number of likely N-dealkylation sites (N-methyl/N-ethyl adjacent to an activating group) is 1. The molecule has 19 heavy (non-hydrogen) atoms. The van der Waals surface area contributed by atoms with Crippen molar-refractivity contribution in [2.75, 3.05) is 33.3 Å². The first kappa shape index (κ1) is 15.3. The van der Waals surface area contributed by atoms with Crippen LogP contribution in [0.15, 0.2) is 0 Å². The maximum atomic E-state index is 5.83. The summed E-state index contributed by atoms with van der Waals surface area (Å²) in [5.74, 6) is 1.80. The molecule has 3 nitrogen and oxygen atoms in total. The highest BCUT2D eigenvalue weighted by molar-refractivity contribution is 4.79. The Kier molecular flexibility index (Phi) is 6.11. The summed E-state index contributed by atoms with van der Waals surface area (Å²) in [5.41, 5.74) is 0. The molecule has 0 aromatic heterocycles. The van der Waals surface area contributed by atoms with Crippen molar-refractivity contribution >= 4 is 0 Å². The monoisotopic (exact) mass is 268 g/mol. The Morgan fingerprint density at radius 3 is 2.79 bits per heavy atom. The van der Waals surface area contributed by atoms with E-state index in [-0.39, 0.29) is 0 Å². The quantitative estimate of drug-likeness (QED) is 0.793. The van der Waals surface area contributed by atoms with Crippen molar-refractivity contribution < 1.29 is 4.74 Å². The maximum absolute atomic E-state index is 5.83. The molecule has 3 atom stereocenters. The lowest BCUT2D eigenvalue weighted by molar-refractivity contribution is -0.0194. The molecule has 0 bridgehead atoms. The lowest BCUT2D eigenvalue weighted by Crippen LogP contribution is -2.46. The highest BCUT2D eigenvalue weighted by Crippen LogP contribution is 2.28. The Morgan fingerprint density at radius 2 is 2.05 bits per heavy atom. The molecular weight excluding hydrogens is 236 g/mol. The van der Waals surface area contributed by atoms with Crippen molar-refractivity contribution in [1.82, 2.24) is 10.2 Å². The third kappa shape index (κ3) is 5.05. The molecule has 1 heterocycles. The molecule has 0 radical (unpaired) electrons. The molecule has 0 amide bonds. The molecule has 0 aromatic rings. The second-order valence-corrected chi connectivity index (χ2v) is 6.87. The zero-order valence-corrected chi connectivity index (χ0v) is 13.0. The minimum absolute atomic E-state index is 0.392. The van der Waals surface area contributed by atoms with E-state index in [1.165, 1.54) is 32.1 Å². The molecule has 1 aliphatic carbocycles. The average Bonchev–Trinajstić information content (AvgIpc) is 2.62. The van der Waals surface area contributed by atoms with E-state index in [1.54, 1.807) is 0 Å². The van der Waals surface area contributed by atoms with Crippen LogP contribution in [-0.4, -0.2) is 50.3 Å². The van der Waals surface area contributed by atoms with Gasteiger partial charge in [-0.05, 0) is 38.1 Å². The fraction of sp³-hybridized carbons (Fsp3) is 1.00. The second kappa shape index (κ2) is 7.61. The summed E-state index contributed by atoms with van der Waals surface area (Å²) >= 11 is 0. The van der Waals surface area contributed by atoms with Crippen molar-refractivity contribution in [2.45, 2.75) is 58.1 Å². The van der Waals surface area contributed by atoms with E-state index in [9.17, 15) is 0 Å². The van der Waals surface area contributed by atoms with Crippen molar-refractivity contribution in [3.8, 4) is 0 Å². The van der Waals surface area contributed by atoms with Crippen LogP contribution in [0.1, 0.15) is 46.0 Å². The van der Waals surface area contributed by atoms with Crippen LogP contribution in [0.2, 0.25) is 0 Å². The fourth-order valence-electron chi connectivity index (χ4n) is 3.49. The summed E-state index contributed by atoms with van der Waals surface area (Å²) in [6.45, 7) is 8.84. The van der Waals surface area contributed by atoms with Gasteiger partial charge in [-0.25, -0.2) is 0 Å². The number of nitrogens with one attached hydrogen (secondary N) is 1. The number of hydrogen-bond donors (Lipinski definition) is 1. The van der Waals surface area contributed by atoms with Crippen LogP contribution < -0.4 is 5.32 Å². The molecule has 1 saturated heterocycles. The number of morpholine rings is 1. The highest BCUT2D eigenvalue weighted by atomic mass is 16.5. The molecule has 1 saturated carbocycles. The molecule has 2 aliphatic rings. The first-order valence-electron chi connectivity index (χ1n) is 8.18. The van der Waals surface area contributed by atoms with Crippen LogP contribution in [0.4, 0.5) is 0 Å². The van der Waals surface area contributed by atoms with E-state index in [0.29, 0.717) is 6.10 Å². The van der Waals surface area contributed by atoms with E-state index < -0.39 is 0 Å². The lowest BCUT2D eigenvalue weighted by Gasteiger charge is -2.31. The van der Waals surface area contributed by atoms with Gasteiger partial charge in [-0.3, -0.25) is 0 Å². The van der Waals surface area contributed by atoms with Crippen LogP contribution in [-0.2, 0) is 4.74 Å². The fourth-order valence-corrected chi connectivity index (χ4v) is 3.49. The maximum Gasteiger partial charge on any atom is 0.0826 e. The summed E-state index contributed by atoms with van der Waals surface area (Å²) in [4.78, 5) is 2.37. The second-order valence-electron chi connectivity index (χ2n) is 6.87. The Bertz CT molecular complexity index is 257. The molecule has 3 heteroatoms. The number of hydrogen-bond acceptors (Lipinski definition) is 3. The van der Waals surface area contributed by atoms with E-state index in [0.717, 1.165) is 44.1 Å². The van der Waals surface area contributed by atoms with E-state index in [4.69, 9.17) is 4.74 Å². The van der Waals surface area contributed by atoms with Gasteiger partial charge in [-0.1, -0.05) is 26.7 Å². The standard InChI is InChI=1S/C16H32N2O/c1-13(2)14-5-4-6-15(8-7-14)17-11-16-12-18(3)9-10-19-16/h13-17H,4-12H2,1-3H3. The first-order chi connectivity index (χ1) is 9.15. The Labute approximate surface area is 119 Å². The summed E-state index contributed by atoms with van der Waals surface area (Å²) < 4.78 is 5.83.